The number of aliphatic hydroxyl groups excluding tert-OH is 1. The minimum absolute atomic E-state index is 0.0479. The molecule has 0 saturated heterocycles. The summed E-state index contributed by atoms with van der Waals surface area (Å²) < 4.78 is 76.3. The minimum atomic E-state index is -4.50. The van der Waals surface area contributed by atoms with Crippen molar-refractivity contribution in [2.45, 2.75) is 12.3 Å². The molecule has 0 fully saturated rings. The van der Waals surface area contributed by atoms with E-state index in [9.17, 15) is 31.9 Å². The number of benzene rings is 2. The largest absolute Gasteiger partial charge is 0.487 e. The number of nitrogens with two attached hydrogens (primary N) is 1. The van der Waals surface area contributed by atoms with Crippen molar-refractivity contribution in [2.24, 2.45) is 5.73 Å². The molecule has 0 aliphatic carbocycles. The number of nitrogens with zero attached hydrogens (tertiary/aromatic N) is 1. The van der Waals surface area contributed by atoms with Gasteiger partial charge in [0.1, 0.15) is 18.0 Å². The van der Waals surface area contributed by atoms with Crippen molar-refractivity contribution in [2.75, 3.05) is 6.61 Å². The summed E-state index contributed by atoms with van der Waals surface area (Å²) >= 11 is 3.09. The maximum Gasteiger partial charge on any atom is 0.416 e. The lowest BCUT2D eigenvalue weighted by atomic mass is 10.1. The summed E-state index contributed by atoms with van der Waals surface area (Å²) in [5.74, 6) is -4.61. The molecule has 0 radical (unpaired) electrons. The zero-order valence-electron chi connectivity index (χ0n) is 15.2. The van der Waals surface area contributed by atoms with Crippen LogP contribution in [-0.2, 0) is 6.18 Å². The van der Waals surface area contributed by atoms with Crippen molar-refractivity contribution in [3.63, 3.8) is 0 Å². The number of rotatable bonds is 6. The van der Waals surface area contributed by atoms with Crippen LogP contribution in [0.1, 0.15) is 27.9 Å². The van der Waals surface area contributed by atoms with E-state index in [2.05, 4.69) is 20.9 Å². The van der Waals surface area contributed by atoms with Crippen LogP contribution in [0, 0.1) is 11.6 Å². The van der Waals surface area contributed by atoms with E-state index in [4.69, 9.17) is 14.9 Å². The molecule has 1 amide bonds. The smallest absolute Gasteiger partial charge is 0.416 e. The van der Waals surface area contributed by atoms with Gasteiger partial charge in [-0.25, -0.2) is 13.8 Å². The summed E-state index contributed by atoms with van der Waals surface area (Å²) in [6, 6.07) is 5.73. The van der Waals surface area contributed by atoms with Crippen molar-refractivity contribution < 1.29 is 41.0 Å². The molecule has 1 aromatic heterocycles. The Morgan fingerprint density at radius 1 is 1.19 bits per heavy atom. The first-order valence-electron chi connectivity index (χ1n) is 8.41. The Hall–Kier alpha value is -2.99. The lowest BCUT2D eigenvalue weighted by Crippen LogP contribution is -2.17. The Kier molecular flexibility index (Phi) is 6.32. The van der Waals surface area contributed by atoms with E-state index in [0.29, 0.717) is 0 Å². The molecule has 3 aromatic rings. The summed E-state index contributed by atoms with van der Waals surface area (Å²) in [6.45, 7) is -0.597. The van der Waals surface area contributed by atoms with E-state index in [1.807, 2.05) is 0 Å². The molecular formula is C19H12BrF5N2O4. The molecule has 2 aromatic carbocycles. The summed E-state index contributed by atoms with van der Waals surface area (Å²) in [5, 5.41) is 10.2. The average molecular weight is 507 g/mol. The van der Waals surface area contributed by atoms with Gasteiger partial charge in [0.2, 0.25) is 5.89 Å². The quantitative estimate of drug-likeness (QED) is 0.475. The molecular weight excluding hydrogens is 495 g/mol. The second kappa shape index (κ2) is 8.63. The third kappa shape index (κ3) is 4.85. The van der Waals surface area contributed by atoms with Crippen LogP contribution >= 0.6 is 15.9 Å². The number of amides is 1. The molecule has 12 heteroatoms. The fourth-order valence-electron chi connectivity index (χ4n) is 2.56. The summed E-state index contributed by atoms with van der Waals surface area (Å²) in [7, 11) is 0. The number of hydrogen-bond donors (Lipinski definition) is 2. The van der Waals surface area contributed by atoms with Crippen LogP contribution in [0.15, 0.2) is 45.4 Å². The van der Waals surface area contributed by atoms with Crippen molar-refractivity contribution in [3.05, 3.63) is 69.7 Å². The Balaban J connectivity index is 1.77. The number of primary amides is 1. The first-order valence-corrected chi connectivity index (χ1v) is 9.21. The van der Waals surface area contributed by atoms with Crippen LogP contribution in [0.3, 0.4) is 0 Å². The first-order chi connectivity index (χ1) is 14.5. The van der Waals surface area contributed by atoms with Crippen LogP contribution in [0.2, 0.25) is 0 Å². The molecule has 1 atom stereocenters. The van der Waals surface area contributed by atoms with Gasteiger partial charge >= 0.3 is 6.18 Å². The molecule has 3 rings (SSSR count). The lowest BCUT2D eigenvalue weighted by Gasteiger charge is -2.12. The second-order valence-corrected chi connectivity index (χ2v) is 6.92. The molecule has 6 nitrogen and oxygen atoms in total. The Morgan fingerprint density at radius 2 is 1.84 bits per heavy atom. The molecule has 0 bridgehead atoms. The number of hydrogen-bond acceptors (Lipinski definition) is 5. The molecule has 3 N–H and O–H groups in total. The molecule has 0 spiro atoms. The van der Waals surface area contributed by atoms with Gasteiger partial charge in [0.15, 0.2) is 28.0 Å². The Labute approximate surface area is 179 Å². The van der Waals surface area contributed by atoms with E-state index >= 15 is 0 Å². The lowest BCUT2D eigenvalue weighted by molar-refractivity contribution is -0.137. The average Bonchev–Trinajstić information content (AvgIpc) is 3.08. The summed E-state index contributed by atoms with van der Waals surface area (Å²) in [5.41, 5.74) is 3.33. The topological polar surface area (TPSA) is 98.6 Å². The maximum atomic E-state index is 14.2. The fourth-order valence-corrected chi connectivity index (χ4v) is 3.04. The minimum Gasteiger partial charge on any atom is -0.487 e. The van der Waals surface area contributed by atoms with Crippen LogP contribution in [0.4, 0.5) is 22.0 Å². The van der Waals surface area contributed by atoms with Gasteiger partial charge in [-0.2, -0.15) is 13.2 Å². The molecule has 1 unspecified atom stereocenters. The van der Waals surface area contributed by atoms with Crippen molar-refractivity contribution in [1.82, 2.24) is 4.98 Å². The summed E-state index contributed by atoms with van der Waals surface area (Å²) in [6.07, 6.45) is -6.03. The number of halogens is 6. The van der Waals surface area contributed by atoms with Gasteiger partial charge in [-0.3, -0.25) is 4.79 Å². The number of aromatic nitrogens is 1. The Bertz CT molecular complexity index is 1120. The normalized spacial score (nSPS) is 12.6. The number of ether oxygens (including phenoxy) is 1. The zero-order chi connectivity index (χ0) is 22.9. The van der Waals surface area contributed by atoms with Crippen LogP contribution < -0.4 is 10.5 Å². The maximum absolute atomic E-state index is 14.2. The highest BCUT2D eigenvalue weighted by Gasteiger charge is 2.30. The van der Waals surface area contributed by atoms with Gasteiger partial charge in [-0.15, -0.1) is 0 Å². The highest BCUT2D eigenvalue weighted by molar-refractivity contribution is 9.10. The second-order valence-electron chi connectivity index (χ2n) is 6.17. The number of carbonyl (C=O) groups is 1. The monoisotopic (exact) mass is 506 g/mol. The third-order valence-corrected chi connectivity index (χ3v) is 4.60. The highest BCUT2D eigenvalue weighted by Crippen LogP contribution is 2.34. The van der Waals surface area contributed by atoms with E-state index in [-0.39, 0.29) is 21.8 Å². The fraction of sp³-hybridized carbons (Fsp3) is 0.158. The van der Waals surface area contributed by atoms with Gasteiger partial charge < -0.3 is 20.0 Å². The van der Waals surface area contributed by atoms with E-state index < -0.39 is 53.3 Å². The van der Waals surface area contributed by atoms with Gasteiger partial charge in [0.05, 0.1) is 5.56 Å². The zero-order valence-corrected chi connectivity index (χ0v) is 16.8. The predicted molar refractivity (Wildman–Crippen MR) is 100.0 cm³/mol. The number of carbonyl (C=O) groups excluding carboxylic acids is 1. The molecule has 0 aliphatic rings. The van der Waals surface area contributed by atoms with E-state index in [1.54, 1.807) is 0 Å². The van der Waals surface area contributed by atoms with Gasteiger partial charge in [-0.05, 0) is 40.2 Å². The third-order valence-electron chi connectivity index (χ3n) is 4.06. The molecule has 164 valence electrons. The van der Waals surface area contributed by atoms with Crippen LogP contribution in [0.25, 0.3) is 11.3 Å². The number of aliphatic hydroxyl groups is 1. The van der Waals surface area contributed by atoms with Gasteiger partial charge in [0, 0.05) is 5.56 Å². The first kappa shape index (κ1) is 22.7. The van der Waals surface area contributed by atoms with Crippen molar-refractivity contribution in [1.29, 1.82) is 0 Å². The molecule has 0 aliphatic heterocycles. The van der Waals surface area contributed by atoms with E-state index in [1.165, 1.54) is 12.1 Å². The predicted octanol–water partition coefficient (Wildman–Crippen LogP) is 4.61. The van der Waals surface area contributed by atoms with Gasteiger partial charge in [0.25, 0.3) is 5.91 Å². The van der Waals surface area contributed by atoms with Gasteiger partial charge in [-0.1, -0.05) is 12.1 Å². The molecule has 1 heterocycles. The van der Waals surface area contributed by atoms with Crippen molar-refractivity contribution in [3.8, 4) is 17.1 Å². The standard InChI is InChI=1S/C19H12BrF5N2O4/c20-16-15(8-1-3-9(4-2-8)19(23,24)25)31-18(27-16)11(28)7-30-12-6-5-10(21)13(14(12)22)17(26)29/h1-6,11,28H,7H2,(H2,26,29). The Morgan fingerprint density at radius 3 is 2.42 bits per heavy atom. The molecule has 31 heavy (non-hydrogen) atoms. The van der Waals surface area contributed by atoms with E-state index in [0.717, 1.165) is 24.3 Å². The van der Waals surface area contributed by atoms with Crippen molar-refractivity contribution >= 4 is 21.8 Å². The van der Waals surface area contributed by atoms with Crippen LogP contribution in [0.5, 0.6) is 5.75 Å². The van der Waals surface area contributed by atoms with Crippen LogP contribution in [-0.4, -0.2) is 22.6 Å². The highest BCUT2D eigenvalue weighted by atomic mass is 79.9. The SMILES string of the molecule is NC(=O)c1c(F)ccc(OCC(O)c2nc(Br)c(-c3ccc(C(F)(F)F)cc3)o2)c1F. The number of oxazole rings is 1. The molecule has 0 saturated carbocycles. The summed E-state index contributed by atoms with van der Waals surface area (Å²) in [4.78, 5) is 15.1. The number of alkyl halides is 3.